The average molecular weight is 182 g/mol. The summed E-state index contributed by atoms with van der Waals surface area (Å²) in [5.74, 6) is 0.576. The number of benzene rings is 1. The molecule has 1 aromatic heterocycles. The first-order valence-electron chi connectivity index (χ1n) is 4.37. The molecule has 3 heteroatoms. The summed E-state index contributed by atoms with van der Waals surface area (Å²) in [7, 11) is 0. The van der Waals surface area contributed by atoms with Gasteiger partial charge in [-0.25, -0.2) is 9.37 Å². The predicted octanol–water partition coefficient (Wildman–Crippen LogP) is 3.28. The van der Waals surface area contributed by atoms with E-state index in [1.165, 1.54) is 12.1 Å². The number of aromatic nitrogens is 2. The third-order valence-electron chi connectivity index (χ3n) is 1.56. The van der Waals surface area contributed by atoms with Crippen LogP contribution >= 0.6 is 0 Å². The maximum Gasteiger partial charge on any atom is 0.125 e. The molecule has 0 saturated heterocycles. The number of halogens is 1. The second kappa shape index (κ2) is 4.03. The van der Waals surface area contributed by atoms with Crippen LogP contribution in [-0.2, 0) is 0 Å². The van der Waals surface area contributed by atoms with Crippen LogP contribution in [0.15, 0.2) is 18.2 Å². The maximum absolute atomic E-state index is 12.6. The summed E-state index contributed by atoms with van der Waals surface area (Å²) in [6.07, 6.45) is 0. The summed E-state index contributed by atoms with van der Waals surface area (Å²) in [6.45, 7) is 5.85. The van der Waals surface area contributed by atoms with E-state index < -0.39 is 0 Å². The Bertz CT molecular complexity index is 398. The number of rotatable bonds is 0. The molecule has 0 bridgehead atoms. The molecule has 0 amide bonds. The Labute approximate surface area is 78.3 Å². The van der Waals surface area contributed by atoms with Gasteiger partial charge >= 0.3 is 0 Å². The van der Waals surface area contributed by atoms with E-state index >= 15 is 0 Å². The van der Waals surface area contributed by atoms with Crippen LogP contribution in [0.3, 0.4) is 0 Å². The molecule has 0 atom stereocenters. The van der Waals surface area contributed by atoms with Gasteiger partial charge in [-0.1, -0.05) is 13.8 Å². The Balaban J connectivity index is 0.000000531. The van der Waals surface area contributed by atoms with Crippen molar-refractivity contribution in [3.05, 3.63) is 29.8 Å². The first-order chi connectivity index (χ1) is 6.25. The van der Waals surface area contributed by atoms with Crippen molar-refractivity contribution < 1.29 is 5.82 Å². The third-order valence-corrected chi connectivity index (χ3v) is 1.56. The molecular formula is C10H15FN2. The van der Waals surface area contributed by atoms with Gasteiger partial charge in [0.1, 0.15) is 11.6 Å². The van der Waals surface area contributed by atoms with Crippen molar-refractivity contribution in [2.45, 2.75) is 20.8 Å². The van der Waals surface area contributed by atoms with Gasteiger partial charge in [0, 0.05) is 1.43 Å². The van der Waals surface area contributed by atoms with E-state index in [0.29, 0.717) is 0 Å². The van der Waals surface area contributed by atoms with Gasteiger partial charge in [-0.15, -0.1) is 0 Å². The Morgan fingerprint density at radius 2 is 2.08 bits per heavy atom. The fourth-order valence-electron chi connectivity index (χ4n) is 1.11. The fourth-order valence-corrected chi connectivity index (χ4v) is 1.11. The average Bonchev–Trinajstić information content (AvgIpc) is 2.48. The Morgan fingerprint density at radius 3 is 2.77 bits per heavy atom. The summed E-state index contributed by atoms with van der Waals surface area (Å²) < 4.78 is 12.6. The van der Waals surface area contributed by atoms with E-state index in [-0.39, 0.29) is 7.24 Å². The first-order valence-corrected chi connectivity index (χ1v) is 4.37. The minimum atomic E-state index is -0.235. The van der Waals surface area contributed by atoms with Crippen LogP contribution in [0, 0.1) is 12.7 Å². The number of hydrogen-bond acceptors (Lipinski definition) is 1. The lowest BCUT2D eigenvalue weighted by Crippen LogP contribution is -1.72. The van der Waals surface area contributed by atoms with Gasteiger partial charge in [-0.3, -0.25) is 0 Å². The number of aromatic amines is 1. The molecule has 0 fully saturated rings. The summed E-state index contributed by atoms with van der Waals surface area (Å²) >= 11 is 0. The van der Waals surface area contributed by atoms with Crippen LogP contribution in [0.2, 0.25) is 0 Å². The second-order valence-corrected chi connectivity index (χ2v) is 2.48. The molecule has 0 aliphatic rings. The van der Waals surface area contributed by atoms with E-state index in [1.54, 1.807) is 6.07 Å². The molecule has 0 aliphatic heterocycles. The highest BCUT2D eigenvalue weighted by molar-refractivity contribution is 5.74. The Kier molecular flexibility index (Phi) is 3.01. The lowest BCUT2D eigenvalue weighted by atomic mass is 10.3. The van der Waals surface area contributed by atoms with Gasteiger partial charge in [-0.05, 0) is 25.1 Å². The van der Waals surface area contributed by atoms with Crippen molar-refractivity contribution in [2.24, 2.45) is 0 Å². The third kappa shape index (κ3) is 2.05. The number of hydrogen-bond donors (Lipinski definition) is 1. The summed E-state index contributed by atoms with van der Waals surface area (Å²) in [5.41, 5.74) is 1.56. The molecular weight excluding hydrogens is 167 g/mol. The number of imidazole rings is 1. The summed E-state index contributed by atoms with van der Waals surface area (Å²) in [6, 6.07) is 4.51. The SMILES string of the molecule is CC.Cc1nc2ccc(F)cc2[nH]1.[HH]. The van der Waals surface area contributed by atoms with Gasteiger partial charge < -0.3 is 4.98 Å². The highest BCUT2D eigenvalue weighted by Gasteiger charge is 1.98. The molecule has 2 aromatic rings. The zero-order chi connectivity index (χ0) is 9.84. The lowest BCUT2D eigenvalue weighted by molar-refractivity contribution is 0.629. The van der Waals surface area contributed by atoms with Crippen LogP contribution in [0.1, 0.15) is 21.1 Å². The van der Waals surface area contributed by atoms with Gasteiger partial charge in [-0.2, -0.15) is 0 Å². The number of aryl methyl sites for hydroxylation is 1. The predicted molar refractivity (Wildman–Crippen MR) is 54.3 cm³/mol. The van der Waals surface area contributed by atoms with Crippen molar-refractivity contribution in [1.82, 2.24) is 9.97 Å². The van der Waals surface area contributed by atoms with Gasteiger partial charge in [0.2, 0.25) is 0 Å². The largest absolute Gasteiger partial charge is 0.342 e. The van der Waals surface area contributed by atoms with E-state index in [1.807, 2.05) is 20.8 Å². The zero-order valence-corrected chi connectivity index (χ0v) is 8.06. The molecule has 1 heterocycles. The normalized spacial score (nSPS) is 9.54. The minimum Gasteiger partial charge on any atom is -0.342 e. The van der Waals surface area contributed by atoms with E-state index in [4.69, 9.17) is 0 Å². The fraction of sp³-hybridized carbons (Fsp3) is 0.300. The quantitative estimate of drug-likeness (QED) is 0.665. The molecule has 13 heavy (non-hydrogen) atoms. The van der Waals surface area contributed by atoms with Crippen molar-refractivity contribution >= 4 is 11.0 Å². The van der Waals surface area contributed by atoms with E-state index in [9.17, 15) is 4.39 Å². The topological polar surface area (TPSA) is 28.7 Å². The molecule has 0 unspecified atom stereocenters. The summed E-state index contributed by atoms with van der Waals surface area (Å²) in [4.78, 5) is 7.08. The molecule has 0 saturated carbocycles. The van der Waals surface area contributed by atoms with Crippen molar-refractivity contribution in [3.63, 3.8) is 0 Å². The van der Waals surface area contributed by atoms with E-state index in [2.05, 4.69) is 9.97 Å². The monoisotopic (exact) mass is 182 g/mol. The maximum atomic E-state index is 12.6. The van der Waals surface area contributed by atoms with Crippen LogP contribution in [-0.4, -0.2) is 9.97 Å². The van der Waals surface area contributed by atoms with Gasteiger partial charge in [0.25, 0.3) is 0 Å². The molecule has 1 N–H and O–H groups in total. The Hall–Kier alpha value is -1.38. The van der Waals surface area contributed by atoms with E-state index in [0.717, 1.165) is 16.9 Å². The number of H-pyrrole nitrogens is 1. The number of nitrogens with zero attached hydrogens (tertiary/aromatic N) is 1. The number of fused-ring (bicyclic) bond motifs is 1. The smallest absolute Gasteiger partial charge is 0.125 e. The number of nitrogens with one attached hydrogen (secondary N) is 1. The molecule has 0 spiro atoms. The van der Waals surface area contributed by atoms with Gasteiger partial charge in [0.05, 0.1) is 11.0 Å². The minimum absolute atomic E-state index is 0. The van der Waals surface area contributed by atoms with Crippen LogP contribution < -0.4 is 0 Å². The molecule has 2 nitrogen and oxygen atoms in total. The molecule has 0 radical (unpaired) electrons. The van der Waals surface area contributed by atoms with Crippen molar-refractivity contribution in [1.29, 1.82) is 0 Å². The molecule has 72 valence electrons. The van der Waals surface area contributed by atoms with Crippen LogP contribution in [0.4, 0.5) is 4.39 Å². The standard InChI is InChI=1S/C8H7FN2.C2H6.H2/c1-5-10-7-3-2-6(9)4-8(7)11-5;1-2;/h2-4H,1H3,(H,10,11);1-2H3;1H. The zero-order valence-electron chi connectivity index (χ0n) is 8.06. The van der Waals surface area contributed by atoms with Crippen LogP contribution in [0.5, 0.6) is 0 Å². The van der Waals surface area contributed by atoms with Gasteiger partial charge in [0.15, 0.2) is 0 Å². The highest BCUT2D eigenvalue weighted by Crippen LogP contribution is 2.11. The lowest BCUT2D eigenvalue weighted by Gasteiger charge is -1.86. The first kappa shape index (κ1) is 9.71. The summed E-state index contributed by atoms with van der Waals surface area (Å²) in [5, 5.41) is 0. The van der Waals surface area contributed by atoms with Crippen molar-refractivity contribution in [3.8, 4) is 0 Å². The molecule has 0 aliphatic carbocycles. The molecule has 1 aromatic carbocycles. The van der Waals surface area contributed by atoms with Crippen LogP contribution in [0.25, 0.3) is 11.0 Å². The Morgan fingerprint density at radius 1 is 1.38 bits per heavy atom. The van der Waals surface area contributed by atoms with Crippen molar-refractivity contribution in [2.75, 3.05) is 0 Å². The molecule has 2 rings (SSSR count). The second-order valence-electron chi connectivity index (χ2n) is 2.48. The highest BCUT2D eigenvalue weighted by atomic mass is 19.1.